The number of aryl methyl sites for hydroxylation is 1. The lowest BCUT2D eigenvalue weighted by atomic mass is 10.2. The Bertz CT molecular complexity index is 1260. The molecule has 0 N–H and O–H groups in total. The Morgan fingerprint density at radius 1 is 1.06 bits per heavy atom. The number of benzene rings is 2. The van der Waals surface area contributed by atoms with E-state index in [1.807, 2.05) is 56.0 Å². The molecular formula is C23H24N4O3S. The number of nitrogens with zero attached hydrogens (tertiary/aromatic N) is 4. The van der Waals surface area contributed by atoms with Gasteiger partial charge >= 0.3 is 0 Å². The summed E-state index contributed by atoms with van der Waals surface area (Å²) in [6.07, 6.45) is -0.113. The van der Waals surface area contributed by atoms with Crippen molar-refractivity contribution in [3.63, 3.8) is 0 Å². The SMILES string of the molecule is Cc1cccc(S(=O)(=O)[C@@H](C#N)c2nc3ccccc3nc2N2C[C@H](C)O[C@@H](C)C2)c1. The quantitative estimate of drug-likeness (QED) is 0.616. The van der Waals surface area contributed by atoms with Crippen molar-refractivity contribution in [3.05, 3.63) is 59.8 Å². The minimum atomic E-state index is -4.01. The van der Waals surface area contributed by atoms with Crippen LogP contribution in [0.3, 0.4) is 0 Å². The van der Waals surface area contributed by atoms with Crippen molar-refractivity contribution >= 4 is 26.7 Å². The molecule has 3 aromatic rings. The lowest BCUT2D eigenvalue weighted by molar-refractivity contribution is -0.00550. The number of rotatable bonds is 4. The van der Waals surface area contributed by atoms with E-state index in [-0.39, 0.29) is 22.8 Å². The highest BCUT2D eigenvalue weighted by molar-refractivity contribution is 7.92. The van der Waals surface area contributed by atoms with E-state index in [0.717, 1.165) is 5.56 Å². The van der Waals surface area contributed by atoms with Crippen molar-refractivity contribution in [1.82, 2.24) is 9.97 Å². The predicted molar refractivity (Wildman–Crippen MR) is 118 cm³/mol. The smallest absolute Gasteiger partial charge is 0.200 e. The van der Waals surface area contributed by atoms with Crippen molar-refractivity contribution in [1.29, 1.82) is 5.26 Å². The van der Waals surface area contributed by atoms with Gasteiger partial charge in [-0.3, -0.25) is 0 Å². The molecule has 1 aromatic heterocycles. The second-order valence-corrected chi connectivity index (χ2v) is 9.99. The van der Waals surface area contributed by atoms with Crippen molar-refractivity contribution in [2.24, 2.45) is 0 Å². The van der Waals surface area contributed by atoms with Gasteiger partial charge in [0, 0.05) is 13.1 Å². The lowest BCUT2D eigenvalue weighted by Crippen LogP contribution is -2.46. The summed E-state index contributed by atoms with van der Waals surface area (Å²) in [6.45, 7) is 6.81. The summed E-state index contributed by atoms with van der Waals surface area (Å²) < 4.78 is 32.8. The first-order valence-electron chi connectivity index (χ1n) is 10.2. The summed E-state index contributed by atoms with van der Waals surface area (Å²) in [4.78, 5) is 11.5. The van der Waals surface area contributed by atoms with Crippen molar-refractivity contribution in [2.45, 2.75) is 43.1 Å². The average molecular weight is 437 g/mol. The van der Waals surface area contributed by atoms with Gasteiger partial charge in [0.2, 0.25) is 9.84 Å². The standard InChI is InChI=1S/C23H24N4O3S/c1-15-7-6-8-18(11-15)31(28,29)21(12-24)22-23(27-13-16(2)30-17(3)14-27)26-20-10-5-4-9-19(20)25-22/h4-11,16-17,21H,13-14H2,1-3H3/t16-,17-,21-/m0/s1. The van der Waals surface area contributed by atoms with E-state index in [1.165, 1.54) is 6.07 Å². The highest BCUT2D eigenvalue weighted by Gasteiger charge is 2.36. The second kappa shape index (κ2) is 8.25. The van der Waals surface area contributed by atoms with Crippen LogP contribution in [-0.4, -0.2) is 43.7 Å². The fourth-order valence-electron chi connectivity index (χ4n) is 3.97. The minimum absolute atomic E-state index is 0.0567. The molecule has 7 nitrogen and oxygen atoms in total. The summed E-state index contributed by atoms with van der Waals surface area (Å²) in [5.41, 5.74) is 2.16. The van der Waals surface area contributed by atoms with Gasteiger partial charge in [0.05, 0.1) is 34.2 Å². The zero-order valence-electron chi connectivity index (χ0n) is 17.7. The van der Waals surface area contributed by atoms with Crippen LogP contribution in [0.1, 0.15) is 30.4 Å². The molecule has 4 rings (SSSR count). The summed E-state index contributed by atoms with van der Waals surface area (Å²) >= 11 is 0. The van der Waals surface area contributed by atoms with Crippen LogP contribution < -0.4 is 4.90 Å². The van der Waals surface area contributed by atoms with E-state index in [0.29, 0.717) is 29.9 Å². The third-order valence-corrected chi connectivity index (χ3v) is 7.15. The van der Waals surface area contributed by atoms with E-state index < -0.39 is 15.1 Å². The minimum Gasteiger partial charge on any atom is -0.372 e. The van der Waals surface area contributed by atoms with Crippen molar-refractivity contribution in [3.8, 4) is 6.07 Å². The third-order valence-electron chi connectivity index (χ3n) is 5.29. The average Bonchev–Trinajstić information content (AvgIpc) is 2.73. The van der Waals surface area contributed by atoms with Gasteiger partial charge in [-0.1, -0.05) is 24.3 Å². The monoisotopic (exact) mass is 436 g/mol. The van der Waals surface area contributed by atoms with Gasteiger partial charge < -0.3 is 9.64 Å². The summed E-state index contributed by atoms with van der Waals surface area (Å²) in [5, 5.41) is 8.53. The zero-order chi connectivity index (χ0) is 22.2. The number of anilines is 1. The molecule has 8 heteroatoms. The Morgan fingerprint density at radius 3 is 2.32 bits per heavy atom. The van der Waals surface area contributed by atoms with Crippen LogP contribution in [0.5, 0.6) is 0 Å². The van der Waals surface area contributed by atoms with Gasteiger partial charge in [0.1, 0.15) is 5.69 Å². The Balaban J connectivity index is 1.91. The van der Waals surface area contributed by atoms with Gasteiger partial charge in [-0.2, -0.15) is 5.26 Å². The van der Waals surface area contributed by atoms with E-state index in [1.54, 1.807) is 18.2 Å². The van der Waals surface area contributed by atoms with Crippen LogP contribution in [0.25, 0.3) is 11.0 Å². The molecule has 0 unspecified atom stereocenters. The molecule has 0 bridgehead atoms. The molecule has 31 heavy (non-hydrogen) atoms. The molecule has 0 aliphatic carbocycles. The number of morpholine rings is 1. The molecule has 2 heterocycles. The number of fused-ring (bicyclic) bond motifs is 1. The van der Waals surface area contributed by atoms with Gasteiger partial charge in [-0.15, -0.1) is 0 Å². The molecule has 0 saturated carbocycles. The van der Waals surface area contributed by atoms with Gasteiger partial charge in [0.15, 0.2) is 11.1 Å². The number of nitriles is 1. The highest BCUT2D eigenvalue weighted by Crippen LogP contribution is 2.35. The van der Waals surface area contributed by atoms with Gasteiger partial charge in [-0.05, 0) is 50.6 Å². The van der Waals surface area contributed by atoms with Gasteiger partial charge in [-0.25, -0.2) is 18.4 Å². The molecule has 160 valence electrons. The van der Waals surface area contributed by atoms with E-state index in [4.69, 9.17) is 9.72 Å². The van der Waals surface area contributed by atoms with Crippen LogP contribution in [0.2, 0.25) is 0 Å². The molecule has 0 amide bonds. The van der Waals surface area contributed by atoms with Crippen LogP contribution in [-0.2, 0) is 14.6 Å². The van der Waals surface area contributed by atoms with E-state index in [2.05, 4.69) is 4.98 Å². The summed E-state index contributed by atoms with van der Waals surface area (Å²) in [5.74, 6) is 0.420. The van der Waals surface area contributed by atoms with Crippen LogP contribution in [0.15, 0.2) is 53.4 Å². The fourth-order valence-corrected chi connectivity index (χ4v) is 5.45. The molecular weight excluding hydrogens is 412 g/mol. The first-order chi connectivity index (χ1) is 14.8. The Kier molecular flexibility index (Phi) is 5.65. The van der Waals surface area contributed by atoms with Crippen molar-refractivity contribution < 1.29 is 13.2 Å². The maximum atomic E-state index is 13.5. The number of ether oxygens (including phenoxy) is 1. The molecule has 0 radical (unpaired) electrons. The summed E-state index contributed by atoms with van der Waals surface area (Å²) in [7, 11) is -4.01. The molecule has 1 aliphatic heterocycles. The molecule has 1 fully saturated rings. The molecule has 1 saturated heterocycles. The van der Waals surface area contributed by atoms with Crippen LogP contribution in [0, 0.1) is 18.3 Å². The Labute approximate surface area is 182 Å². The first kappa shape index (κ1) is 21.2. The second-order valence-electron chi connectivity index (χ2n) is 7.95. The third kappa shape index (κ3) is 4.11. The topological polar surface area (TPSA) is 96.2 Å². The molecule has 0 spiro atoms. The first-order valence-corrected chi connectivity index (χ1v) is 11.7. The number of para-hydroxylation sites is 2. The number of hydrogen-bond donors (Lipinski definition) is 0. The maximum absolute atomic E-state index is 13.5. The Hall–Kier alpha value is -3.02. The Morgan fingerprint density at radius 2 is 1.71 bits per heavy atom. The van der Waals surface area contributed by atoms with Crippen molar-refractivity contribution in [2.75, 3.05) is 18.0 Å². The van der Waals surface area contributed by atoms with E-state index >= 15 is 0 Å². The molecule has 2 aromatic carbocycles. The normalized spacial score (nSPS) is 20.4. The highest BCUT2D eigenvalue weighted by atomic mass is 32.2. The molecule has 3 atom stereocenters. The number of sulfone groups is 1. The van der Waals surface area contributed by atoms with Gasteiger partial charge in [0.25, 0.3) is 0 Å². The zero-order valence-corrected chi connectivity index (χ0v) is 18.5. The molecule has 1 aliphatic rings. The fraction of sp³-hybridized carbons (Fsp3) is 0.348. The van der Waals surface area contributed by atoms with Crippen LogP contribution in [0.4, 0.5) is 5.82 Å². The van der Waals surface area contributed by atoms with Crippen LogP contribution >= 0.6 is 0 Å². The lowest BCUT2D eigenvalue weighted by Gasteiger charge is -2.37. The largest absolute Gasteiger partial charge is 0.372 e. The number of aromatic nitrogens is 2. The number of hydrogen-bond acceptors (Lipinski definition) is 7. The predicted octanol–water partition coefficient (Wildman–Crippen LogP) is 3.59. The summed E-state index contributed by atoms with van der Waals surface area (Å²) in [6, 6.07) is 15.9. The maximum Gasteiger partial charge on any atom is 0.200 e. The van der Waals surface area contributed by atoms with E-state index in [9.17, 15) is 13.7 Å².